The molecule has 0 saturated heterocycles. The fourth-order valence-corrected chi connectivity index (χ4v) is 3.04. The largest absolute Gasteiger partial charge is 0.452 e. The van der Waals surface area contributed by atoms with Gasteiger partial charge in [-0.3, -0.25) is 24.9 Å². The van der Waals surface area contributed by atoms with Crippen LogP contribution in [0, 0.1) is 0 Å². The van der Waals surface area contributed by atoms with Crippen molar-refractivity contribution in [2.24, 2.45) is 0 Å². The molecule has 10 rings (SSSR count). The Hall–Kier alpha value is -6.56. The first-order valence-electron chi connectivity index (χ1n) is 15.1. The van der Waals surface area contributed by atoms with Crippen molar-refractivity contribution >= 4 is 22.2 Å². The van der Waals surface area contributed by atoms with E-state index in [0.717, 1.165) is 5.52 Å². The number of aromatic nitrogens is 13. The van der Waals surface area contributed by atoms with Crippen molar-refractivity contribution in [2.45, 2.75) is 0 Å². The molecule has 16 nitrogen and oxygen atoms in total. The minimum atomic E-state index is 0. The number of fused-ring (bicyclic) bond motifs is 1. The number of hydrogen-bond donors (Lipinski definition) is 0. The summed E-state index contributed by atoms with van der Waals surface area (Å²) in [6, 6.07) is 21.3. The molecule has 9 heterocycles. The van der Waals surface area contributed by atoms with E-state index in [9.17, 15) is 0 Å². The monoisotopic (exact) mass is 817 g/mol. The quantitative estimate of drug-likeness (QED) is 0.153. The zero-order valence-electron chi connectivity index (χ0n) is 28.7. The fourth-order valence-electron chi connectivity index (χ4n) is 2.69. The Morgan fingerprint density at radius 1 is 0.500 bits per heavy atom. The Morgan fingerprint density at radius 3 is 1.54 bits per heavy atom. The van der Waals surface area contributed by atoms with Gasteiger partial charge in [0.2, 0.25) is 12.8 Å². The van der Waals surface area contributed by atoms with Crippen LogP contribution in [0.25, 0.3) is 10.9 Å². The van der Waals surface area contributed by atoms with Crippen molar-refractivity contribution in [3.8, 4) is 0 Å². The summed E-state index contributed by atoms with van der Waals surface area (Å²) in [4.78, 5) is 37.3. The summed E-state index contributed by atoms with van der Waals surface area (Å²) < 4.78 is 13.2. The summed E-state index contributed by atoms with van der Waals surface area (Å²) in [5.74, 6) is 0. The van der Waals surface area contributed by atoms with Gasteiger partial charge in [-0.25, -0.2) is 15.0 Å². The van der Waals surface area contributed by atoms with Crippen LogP contribution in [-0.2, 0) is 32.7 Å². The van der Waals surface area contributed by atoms with E-state index in [2.05, 4.69) is 90.7 Å². The molecular formula is C36H34N13O3SY-. The first-order chi connectivity index (χ1) is 26.5. The van der Waals surface area contributed by atoms with Gasteiger partial charge in [-0.1, -0.05) is 54.2 Å². The average molecular weight is 818 g/mol. The molecule has 0 bridgehead atoms. The summed E-state index contributed by atoms with van der Waals surface area (Å²) in [6.07, 6.45) is 33.4. The van der Waals surface area contributed by atoms with Crippen LogP contribution >= 0.6 is 11.3 Å². The van der Waals surface area contributed by atoms with Crippen LogP contribution in [0.2, 0.25) is 0 Å². The molecule has 10 aromatic rings. The molecule has 0 amide bonds. The Labute approximate surface area is 340 Å². The maximum absolute atomic E-state index is 4.47. The maximum atomic E-state index is 4.47. The van der Waals surface area contributed by atoms with E-state index in [1.807, 2.05) is 54.0 Å². The van der Waals surface area contributed by atoms with Gasteiger partial charge in [-0.15, -0.1) is 21.5 Å². The minimum Gasteiger partial charge on any atom is -0.452 e. The molecule has 9 aromatic heterocycles. The predicted molar refractivity (Wildman–Crippen MR) is 197 cm³/mol. The molecule has 0 N–H and O–H groups in total. The second-order valence-corrected chi connectivity index (χ2v) is 9.10. The third-order valence-electron chi connectivity index (χ3n) is 4.73. The van der Waals surface area contributed by atoms with Crippen molar-refractivity contribution in [2.75, 3.05) is 0 Å². The van der Waals surface area contributed by atoms with Gasteiger partial charge < -0.3 is 23.3 Å². The van der Waals surface area contributed by atoms with Gasteiger partial charge in [-0.2, -0.15) is 0 Å². The van der Waals surface area contributed by atoms with Crippen LogP contribution < -0.4 is 4.98 Å². The first kappa shape index (κ1) is 45.5. The molecule has 0 unspecified atom stereocenters. The van der Waals surface area contributed by atoms with Gasteiger partial charge in [0.15, 0.2) is 6.39 Å². The number of benzene rings is 1. The number of para-hydroxylation sites is 1. The topological polar surface area (TPSA) is 208 Å². The van der Waals surface area contributed by atoms with Gasteiger partial charge in [0.05, 0.1) is 23.4 Å². The van der Waals surface area contributed by atoms with Crippen LogP contribution in [-0.4, -0.2) is 60.2 Å². The van der Waals surface area contributed by atoms with E-state index in [1.54, 1.807) is 110 Å². The van der Waals surface area contributed by atoms with Gasteiger partial charge in [0.1, 0.15) is 18.9 Å². The minimum absolute atomic E-state index is 0. The molecule has 1 aromatic carbocycles. The van der Waals surface area contributed by atoms with E-state index in [-0.39, 0.29) is 32.7 Å². The summed E-state index contributed by atoms with van der Waals surface area (Å²) in [5, 5.41) is 13.1. The molecule has 18 heteroatoms. The van der Waals surface area contributed by atoms with Crippen molar-refractivity contribution in [3.63, 3.8) is 0 Å². The van der Waals surface area contributed by atoms with E-state index >= 15 is 0 Å². The molecule has 0 aliphatic carbocycles. The third kappa shape index (κ3) is 30.3. The summed E-state index contributed by atoms with van der Waals surface area (Å²) in [5.41, 5.74) is 2.85. The average Bonchev–Trinajstić information content (AvgIpc) is 4.13. The zero-order chi connectivity index (χ0) is 37.2. The number of pyridine rings is 2. The second kappa shape index (κ2) is 37.7. The van der Waals surface area contributed by atoms with Gasteiger partial charge in [0, 0.05) is 105 Å². The SMILES string of the molecule is [Y].c1c[n-]cn1.c1ccc2ncccc2c1.c1ccncc1.c1cnccn1.c1cncnc1.c1cnoc1.c1cocn1.c1cscn1.c1nnco1. The van der Waals surface area contributed by atoms with Crippen molar-refractivity contribution in [1.29, 1.82) is 0 Å². The summed E-state index contributed by atoms with van der Waals surface area (Å²) in [7, 11) is 0. The maximum Gasteiger partial charge on any atom is 0.203 e. The normalized spacial score (nSPS) is 8.22. The molecule has 0 fully saturated rings. The first-order valence-corrected chi connectivity index (χ1v) is 16.0. The standard InChI is InChI=1S/C9H7N.C5H5N.2C4H4N2.C3H3N2.2C3H3NO.C3H3NS.C2H2N2O.Y/c1-2-6-9-8(4-1)5-3-7-10-9;1-2-4-6-5-3-1;1-2-6-4-3-5-1;1-2-5-4-6-3-1;2*1-2-5-3-4-1;1-2-4-5-3-1;1-2-5-3-4-1;1-3-4-2-5-1;/h1-7H;1-5H;2*1-4H;4*1-3H;1-2H;/q;;;;-1;;;;;. The number of rotatable bonds is 0. The van der Waals surface area contributed by atoms with Crippen LogP contribution in [0.1, 0.15) is 0 Å². The number of nitrogens with zero attached hydrogens (tertiary/aromatic N) is 13. The molecule has 0 atom stereocenters. The van der Waals surface area contributed by atoms with E-state index in [1.165, 1.54) is 49.7 Å². The molecule has 271 valence electrons. The van der Waals surface area contributed by atoms with Crippen molar-refractivity contribution in [3.05, 3.63) is 209 Å². The number of imidazole rings is 1. The molecule has 1 radical (unpaired) electrons. The molecule has 0 aliphatic heterocycles. The zero-order valence-corrected chi connectivity index (χ0v) is 32.3. The van der Waals surface area contributed by atoms with E-state index in [0.29, 0.717) is 0 Å². The van der Waals surface area contributed by atoms with Gasteiger partial charge >= 0.3 is 0 Å². The smallest absolute Gasteiger partial charge is 0.203 e. The van der Waals surface area contributed by atoms with Crippen LogP contribution in [0.4, 0.5) is 0 Å². The molecule has 0 spiro atoms. The number of hydrogen-bond acceptors (Lipinski definition) is 16. The summed E-state index contributed by atoms with van der Waals surface area (Å²) in [6.45, 7) is 0. The Morgan fingerprint density at radius 2 is 1.22 bits per heavy atom. The summed E-state index contributed by atoms with van der Waals surface area (Å²) >= 11 is 1.60. The van der Waals surface area contributed by atoms with Crippen LogP contribution in [0.15, 0.2) is 222 Å². The molecule has 0 saturated carbocycles. The third-order valence-corrected chi connectivity index (χ3v) is 5.25. The predicted octanol–water partition coefficient (Wildman–Crippen LogP) is 6.87. The van der Waals surface area contributed by atoms with Gasteiger partial charge in [-0.05, 0) is 36.4 Å². The fraction of sp³-hybridized carbons (Fsp3) is 0. The molecule has 0 aliphatic rings. The Bertz CT molecular complexity index is 1530. The van der Waals surface area contributed by atoms with Crippen LogP contribution in [0.5, 0.6) is 0 Å². The molecular weight excluding hydrogens is 783 g/mol. The Balaban J connectivity index is 0.000000307. The number of oxazole rings is 1. The van der Waals surface area contributed by atoms with E-state index < -0.39 is 0 Å². The van der Waals surface area contributed by atoms with Crippen molar-refractivity contribution in [1.82, 2.24) is 65.2 Å². The molecule has 54 heavy (non-hydrogen) atoms. The van der Waals surface area contributed by atoms with Crippen LogP contribution in [0.3, 0.4) is 0 Å². The number of thiazole rings is 1. The second-order valence-electron chi connectivity index (χ2n) is 8.35. The van der Waals surface area contributed by atoms with Gasteiger partial charge in [0.25, 0.3) is 0 Å². The van der Waals surface area contributed by atoms with Crippen molar-refractivity contribution < 1.29 is 46.1 Å². The Kier molecular flexibility index (Phi) is 31.7. The van der Waals surface area contributed by atoms with E-state index in [4.69, 9.17) is 0 Å².